The normalized spacial score (nSPS) is 16.1. The maximum Gasteiger partial charge on any atom is 0.256 e. The van der Waals surface area contributed by atoms with E-state index in [2.05, 4.69) is 50.8 Å². The summed E-state index contributed by atoms with van der Waals surface area (Å²) in [5.41, 5.74) is 6.16. The summed E-state index contributed by atoms with van der Waals surface area (Å²) in [4.78, 5) is 18.9. The molecule has 2 aliphatic heterocycles. The van der Waals surface area contributed by atoms with Gasteiger partial charge < -0.3 is 25.3 Å². The van der Waals surface area contributed by atoms with E-state index in [-0.39, 0.29) is 5.91 Å². The van der Waals surface area contributed by atoms with E-state index < -0.39 is 0 Å². The first-order valence-electron chi connectivity index (χ1n) is 13.0. The second-order valence-corrected chi connectivity index (χ2v) is 9.75. The van der Waals surface area contributed by atoms with Crippen molar-refractivity contribution in [2.24, 2.45) is 0 Å². The molecule has 3 N–H and O–H groups in total. The predicted octanol–water partition coefficient (Wildman–Crippen LogP) is 5.50. The van der Waals surface area contributed by atoms with Crippen LogP contribution in [0.5, 0.6) is 5.75 Å². The van der Waals surface area contributed by atoms with E-state index in [0.29, 0.717) is 11.7 Å². The highest BCUT2D eigenvalue weighted by atomic mass is 16.5. The van der Waals surface area contributed by atoms with E-state index in [4.69, 9.17) is 4.74 Å². The first kappa shape index (κ1) is 22.7. The zero-order valence-corrected chi connectivity index (χ0v) is 20.4. The van der Waals surface area contributed by atoms with E-state index in [0.717, 1.165) is 79.9 Å². The van der Waals surface area contributed by atoms with Crippen LogP contribution in [0.1, 0.15) is 40.7 Å². The molecular formula is C30H32N4O2. The smallest absolute Gasteiger partial charge is 0.256 e. The van der Waals surface area contributed by atoms with Crippen molar-refractivity contribution in [1.82, 2.24) is 10.3 Å². The number of ether oxygens (including phenoxy) is 1. The van der Waals surface area contributed by atoms with Crippen molar-refractivity contribution < 1.29 is 9.53 Å². The van der Waals surface area contributed by atoms with Crippen molar-refractivity contribution >= 4 is 28.2 Å². The van der Waals surface area contributed by atoms with Gasteiger partial charge in [0.15, 0.2) is 0 Å². The maximum absolute atomic E-state index is 13.3. The minimum Gasteiger partial charge on any atom is -0.490 e. The third kappa shape index (κ3) is 4.69. The number of anilines is 2. The highest BCUT2D eigenvalue weighted by Gasteiger charge is 2.22. The van der Waals surface area contributed by atoms with Crippen molar-refractivity contribution in [3.8, 4) is 5.75 Å². The Kier molecular flexibility index (Phi) is 6.35. The molecule has 0 unspecified atom stereocenters. The Bertz CT molecular complexity index is 1360. The third-order valence-electron chi connectivity index (χ3n) is 7.28. The minimum absolute atomic E-state index is 0.0847. The minimum atomic E-state index is -0.0847. The number of H-pyrrole nitrogens is 1. The average Bonchev–Trinajstić information content (AvgIpc) is 3.40. The van der Waals surface area contributed by atoms with Crippen LogP contribution >= 0.6 is 0 Å². The number of nitrogens with zero attached hydrogens (tertiary/aromatic N) is 1. The van der Waals surface area contributed by atoms with Crippen LogP contribution in [-0.2, 0) is 13.0 Å². The number of aryl methyl sites for hydroxylation is 1. The van der Waals surface area contributed by atoms with Gasteiger partial charge >= 0.3 is 0 Å². The van der Waals surface area contributed by atoms with Gasteiger partial charge in [-0.2, -0.15) is 0 Å². The molecule has 1 fully saturated rings. The maximum atomic E-state index is 13.3. The summed E-state index contributed by atoms with van der Waals surface area (Å²) in [6, 6.07) is 22.5. The highest BCUT2D eigenvalue weighted by molar-refractivity contribution is 6.13. The van der Waals surface area contributed by atoms with Crippen LogP contribution in [-0.4, -0.2) is 36.6 Å². The number of aromatic nitrogens is 1. The zero-order chi connectivity index (χ0) is 24.3. The third-order valence-corrected chi connectivity index (χ3v) is 7.28. The lowest BCUT2D eigenvalue weighted by Gasteiger charge is -2.33. The topological polar surface area (TPSA) is 69.4 Å². The molecule has 4 aromatic rings. The van der Waals surface area contributed by atoms with Gasteiger partial charge in [0.05, 0.1) is 11.4 Å². The molecule has 0 aliphatic carbocycles. The quantitative estimate of drug-likeness (QED) is 0.341. The summed E-state index contributed by atoms with van der Waals surface area (Å²) < 4.78 is 6.18. The number of carbonyl (C=O) groups excluding carboxylic acids is 1. The molecular weight excluding hydrogens is 448 g/mol. The Morgan fingerprint density at radius 2 is 1.83 bits per heavy atom. The van der Waals surface area contributed by atoms with Crippen LogP contribution in [0.3, 0.4) is 0 Å². The number of fused-ring (bicyclic) bond motifs is 2. The van der Waals surface area contributed by atoms with Crippen LogP contribution in [0.4, 0.5) is 11.4 Å². The van der Waals surface area contributed by atoms with Crippen LogP contribution in [0.2, 0.25) is 0 Å². The molecule has 1 amide bonds. The number of hydrogen-bond donors (Lipinski definition) is 3. The van der Waals surface area contributed by atoms with Crippen LogP contribution in [0.15, 0.2) is 72.9 Å². The number of benzene rings is 3. The number of amides is 1. The molecule has 0 saturated carbocycles. The molecule has 3 heterocycles. The Balaban J connectivity index is 1.21. The largest absolute Gasteiger partial charge is 0.490 e. The lowest BCUT2D eigenvalue weighted by Crippen LogP contribution is -2.34. The van der Waals surface area contributed by atoms with Gasteiger partial charge in [0.2, 0.25) is 0 Å². The SMILES string of the molecule is O=C(Nc1cccc2c1N(Cc1ccc(OC3CCNCC3)cc1)CCC2)c1cccc2[nH]ccc12. The highest BCUT2D eigenvalue weighted by Crippen LogP contribution is 2.36. The zero-order valence-electron chi connectivity index (χ0n) is 20.4. The van der Waals surface area contributed by atoms with Gasteiger partial charge in [0, 0.05) is 35.8 Å². The van der Waals surface area contributed by atoms with Crippen LogP contribution in [0.25, 0.3) is 10.9 Å². The lowest BCUT2D eigenvalue weighted by atomic mass is 9.99. The van der Waals surface area contributed by atoms with Crippen molar-refractivity contribution in [2.75, 3.05) is 29.9 Å². The first-order valence-corrected chi connectivity index (χ1v) is 13.0. The van der Waals surface area contributed by atoms with Gasteiger partial charge in [0.25, 0.3) is 5.91 Å². The molecule has 184 valence electrons. The molecule has 0 atom stereocenters. The Labute approximate surface area is 211 Å². The predicted molar refractivity (Wildman–Crippen MR) is 145 cm³/mol. The van der Waals surface area contributed by atoms with Crippen LogP contribution in [0, 0.1) is 0 Å². The molecule has 0 bridgehead atoms. The number of para-hydroxylation sites is 1. The fraction of sp³-hybridized carbons (Fsp3) is 0.300. The second-order valence-electron chi connectivity index (χ2n) is 9.75. The summed E-state index contributed by atoms with van der Waals surface area (Å²) in [5.74, 6) is 0.857. The number of carbonyl (C=O) groups is 1. The number of hydrogen-bond acceptors (Lipinski definition) is 4. The van der Waals surface area contributed by atoms with E-state index in [1.165, 1.54) is 11.1 Å². The molecule has 1 saturated heterocycles. The molecule has 6 rings (SSSR count). The number of aromatic amines is 1. The molecule has 6 heteroatoms. The summed E-state index contributed by atoms with van der Waals surface area (Å²) in [7, 11) is 0. The second kappa shape index (κ2) is 10.1. The van der Waals surface area contributed by atoms with Gasteiger partial charge in [0.1, 0.15) is 11.9 Å². The van der Waals surface area contributed by atoms with Crippen molar-refractivity contribution in [1.29, 1.82) is 0 Å². The van der Waals surface area contributed by atoms with Gasteiger partial charge in [-0.1, -0.05) is 30.3 Å². The monoisotopic (exact) mass is 480 g/mol. The first-order chi connectivity index (χ1) is 17.7. The van der Waals surface area contributed by atoms with Gasteiger partial charge in [-0.3, -0.25) is 4.79 Å². The van der Waals surface area contributed by atoms with E-state index in [9.17, 15) is 4.79 Å². The average molecular weight is 481 g/mol. The van der Waals surface area contributed by atoms with E-state index >= 15 is 0 Å². The Hall–Kier alpha value is -3.77. The Morgan fingerprint density at radius 1 is 1.00 bits per heavy atom. The number of rotatable bonds is 6. The summed E-state index contributed by atoms with van der Waals surface area (Å²) in [6.07, 6.45) is 6.40. The van der Waals surface area contributed by atoms with Crippen LogP contribution < -0.4 is 20.3 Å². The molecule has 6 nitrogen and oxygen atoms in total. The lowest BCUT2D eigenvalue weighted by molar-refractivity contribution is 0.102. The molecule has 2 aliphatic rings. The summed E-state index contributed by atoms with van der Waals surface area (Å²) >= 11 is 0. The van der Waals surface area contributed by atoms with Crippen molar-refractivity contribution in [3.05, 3.63) is 89.6 Å². The fourth-order valence-corrected chi connectivity index (χ4v) is 5.47. The fourth-order valence-electron chi connectivity index (χ4n) is 5.47. The molecule has 0 radical (unpaired) electrons. The Morgan fingerprint density at radius 3 is 2.69 bits per heavy atom. The molecule has 0 spiro atoms. The van der Waals surface area contributed by atoms with Crippen molar-refractivity contribution in [3.63, 3.8) is 0 Å². The molecule has 3 aromatic carbocycles. The summed E-state index contributed by atoms with van der Waals surface area (Å²) in [6.45, 7) is 3.80. The van der Waals surface area contributed by atoms with Gasteiger partial charge in [-0.25, -0.2) is 0 Å². The standard InChI is InChI=1S/C30H32N4O2/c35-30(26-6-2-7-27-25(26)15-18-32-27)33-28-8-1-4-22-5-3-19-34(29(22)28)20-21-9-11-23(12-10-21)36-24-13-16-31-17-14-24/h1-2,4,6-12,15,18,24,31-32H,3,5,13-14,16-17,19-20H2,(H,33,35). The summed E-state index contributed by atoms with van der Waals surface area (Å²) in [5, 5.41) is 7.53. The van der Waals surface area contributed by atoms with Gasteiger partial charge in [-0.05, 0) is 86.3 Å². The number of nitrogens with one attached hydrogen (secondary N) is 3. The molecule has 36 heavy (non-hydrogen) atoms. The van der Waals surface area contributed by atoms with Gasteiger partial charge in [-0.15, -0.1) is 0 Å². The number of piperidine rings is 1. The molecule has 1 aromatic heterocycles. The van der Waals surface area contributed by atoms with E-state index in [1.54, 1.807) is 0 Å². The van der Waals surface area contributed by atoms with E-state index in [1.807, 2.05) is 42.6 Å². The van der Waals surface area contributed by atoms with Crippen molar-refractivity contribution in [2.45, 2.75) is 38.3 Å².